The van der Waals surface area contributed by atoms with Crippen molar-refractivity contribution in [2.45, 2.75) is 38.5 Å². The van der Waals surface area contributed by atoms with Crippen molar-refractivity contribution in [3.05, 3.63) is 166 Å². The van der Waals surface area contributed by atoms with E-state index in [4.69, 9.17) is 0 Å². The van der Waals surface area contributed by atoms with E-state index in [9.17, 15) is 9.59 Å². The molecule has 2 nitrogen and oxygen atoms in total. The second-order valence-electron chi connectivity index (χ2n) is 13.0. The third kappa shape index (κ3) is 4.48. The summed E-state index contributed by atoms with van der Waals surface area (Å²) in [5.74, 6) is -0.195. The van der Waals surface area contributed by atoms with Gasteiger partial charge in [-0.25, -0.2) is 0 Å². The lowest BCUT2D eigenvalue weighted by molar-refractivity contribution is 0.0979. The topological polar surface area (TPSA) is 34.1 Å². The Morgan fingerprint density at radius 2 is 0.500 bits per heavy atom. The molecule has 6 aromatic carbocycles. The largest absolute Gasteiger partial charge is 0.289 e. The van der Waals surface area contributed by atoms with Gasteiger partial charge in [0, 0.05) is 22.3 Å². The van der Waals surface area contributed by atoms with Gasteiger partial charge in [-0.05, 0) is 130 Å². The molecule has 2 heteroatoms. The van der Waals surface area contributed by atoms with Gasteiger partial charge < -0.3 is 0 Å². The van der Waals surface area contributed by atoms with E-state index in [1.54, 1.807) is 0 Å². The molecule has 0 saturated carbocycles. The fourth-order valence-corrected chi connectivity index (χ4v) is 7.59. The molecule has 0 N–H and O–H groups in total. The summed E-state index contributed by atoms with van der Waals surface area (Å²) in [6, 6.07) is 42.7. The lowest BCUT2D eigenvalue weighted by Gasteiger charge is -2.23. The Kier molecular flexibility index (Phi) is 6.24. The van der Waals surface area contributed by atoms with Crippen molar-refractivity contribution in [2.24, 2.45) is 0 Å². The van der Waals surface area contributed by atoms with E-state index in [0.29, 0.717) is 22.3 Å². The molecule has 220 valence electrons. The SMILES string of the molecule is O=C1c2cc3c(cc2C(=O)c2cc4c(cc21)-c1ccc(cc1)CCCc1ccc-4cc1)-c1ccc(cc1)CCCc1ccc-3cc1. The lowest BCUT2D eigenvalue weighted by Crippen LogP contribution is -2.21. The van der Waals surface area contributed by atoms with E-state index < -0.39 is 0 Å². The molecular weight excluding hydrogens is 560 g/mol. The van der Waals surface area contributed by atoms with Crippen LogP contribution in [-0.4, -0.2) is 11.6 Å². The van der Waals surface area contributed by atoms with Crippen molar-refractivity contribution < 1.29 is 9.59 Å². The minimum absolute atomic E-state index is 0.0973. The summed E-state index contributed by atoms with van der Waals surface area (Å²) >= 11 is 0. The Labute approximate surface area is 269 Å². The number of fused-ring (bicyclic) bond motifs is 2. The minimum Gasteiger partial charge on any atom is -0.289 e. The average molecular weight is 593 g/mol. The summed E-state index contributed by atoms with van der Waals surface area (Å²) in [5.41, 5.74) is 15.2. The molecule has 0 radical (unpaired) electrons. The van der Waals surface area contributed by atoms with Gasteiger partial charge in [0.05, 0.1) is 0 Å². The molecule has 0 aliphatic heterocycles. The molecule has 0 amide bonds. The van der Waals surface area contributed by atoms with Crippen LogP contribution < -0.4 is 0 Å². The Bertz CT molecular complexity index is 1870. The molecule has 0 atom stereocenters. The molecule has 0 unspecified atom stereocenters. The van der Waals surface area contributed by atoms with Crippen LogP contribution >= 0.6 is 0 Å². The quantitative estimate of drug-likeness (QED) is 0.176. The van der Waals surface area contributed by atoms with Gasteiger partial charge in [0.1, 0.15) is 0 Å². The highest BCUT2D eigenvalue weighted by atomic mass is 16.1. The zero-order chi connectivity index (χ0) is 30.8. The summed E-state index contributed by atoms with van der Waals surface area (Å²) < 4.78 is 0. The third-order valence-electron chi connectivity index (χ3n) is 10.2. The van der Waals surface area contributed by atoms with Crippen molar-refractivity contribution in [3.8, 4) is 44.5 Å². The van der Waals surface area contributed by atoms with Crippen LogP contribution in [0, 0.1) is 0 Å². The minimum atomic E-state index is -0.0973. The monoisotopic (exact) mass is 592 g/mol. The van der Waals surface area contributed by atoms with E-state index in [2.05, 4.69) is 97.1 Å². The van der Waals surface area contributed by atoms with E-state index in [1.165, 1.54) is 22.3 Å². The van der Waals surface area contributed by atoms with Crippen molar-refractivity contribution in [1.82, 2.24) is 0 Å². The third-order valence-corrected chi connectivity index (χ3v) is 10.2. The summed E-state index contributed by atoms with van der Waals surface area (Å²) in [7, 11) is 0. The highest BCUT2D eigenvalue weighted by molar-refractivity contribution is 6.30. The Morgan fingerprint density at radius 3 is 0.717 bits per heavy atom. The van der Waals surface area contributed by atoms with Crippen LogP contribution in [0.25, 0.3) is 44.5 Å². The van der Waals surface area contributed by atoms with Gasteiger partial charge in [-0.1, -0.05) is 97.1 Å². The predicted molar refractivity (Wildman–Crippen MR) is 186 cm³/mol. The molecule has 46 heavy (non-hydrogen) atoms. The Morgan fingerprint density at radius 1 is 0.283 bits per heavy atom. The molecule has 0 saturated heterocycles. The second-order valence-corrected chi connectivity index (χ2v) is 13.0. The maximum Gasteiger partial charge on any atom is 0.194 e. The molecule has 0 fully saturated rings. The zero-order valence-electron chi connectivity index (χ0n) is 25.6. The van der Waals surface area contributed by atoms with E-state index >= 15 is 0 Å². The van der Waals surface area contributed by atoms with Crippen LogP contribution in [0.3, 0.4) is 0 Å². The van der Waals surface area contributed by atoms with Gasteiger partial charge in [-0.15, -0.1) is 0 Å². The molecule has 6 aromatic rings. The summed E-state index contributed by atoms with van der Waals surface area (Å²) in [5, 5.41) is 0. The maximum atomic E-state index is 14.5. The summed E-state index contributed by atoms with van der Waals surface area (Å²) in [6.07, 6.45) is 6.30. The van der Waals surface area contributed by atoms with Crippen LogP contribution in [0.1, 0.15) is 66.9 Å². The number of hydrogen-bond acceptors (Lipinski definition) is 2. The van der Waals surface area contributed by atoms with Gasteiger partial charge in [0.2, 0.25) is 0 Å². The molecular formula is C44H32O2. The zero-order valence-corrected chi connectivity index (χ0v) is 25.6. The fourth-order valence-electron chi connectivity index (χ4n) is 7.59. The number of carbonyl (C=O) groups is 2. The standard InChI is InChI=1S/C44H32O2/c45-43-39-23-35-31-15-7-27(8-16-31)3-1-4-28-9-17-32(18-10-28)36(35)24-40(39)44(46)42-26-38-34-21-13-30(14-22-34)6-2-5-29-11-19-33(20-12-29)37(38)25-41(42)43/h7-26H,1-6H2. The molecule has 9 aliphatic carbocycles. The number of carbonyl (C=O) groups excluding carboxylic acids is 2. The maximum absolute atomic E-state index is 14.5. The lowest BCUT2D eigenvalue weighted by atomic mass is 9.78. The van der Waals surface area contributed by atoms with Crippen LogP contribution in [0.15, 0.2) is 121 Å². The molecule has 0 heterocycles. The molecule has 0 aromatic heterocycles. The van der Waals surface area contributed by atoms with E-state index in [1.807, 2.05) is 24.3 Å². The molecule has 15 rings (SSSR count). The van der Waals surface area contributed by atoms with Crippen molar-refractivity contribution in [3.63, 3.8) is 0 Å². The van der Waals surface area contributed by atoms with Gasteiger partial charge in [-0.2, -0.15) is 0 Å². The first-order valence-electron chi connectivity index (χ1n) is 16.4. The highest BCUT2D eigenvalue weighted by Gasteiger charge is 2.33. The van der Waals surface area contributed by atoms with Crippen molar-refractivity contribution in [2.75, 3.05) is 0 Å². The van der Waals surface area contributed by atoms with E-state index in [-0.39, 0.29) is 11.6 Å². The van der Waals surface area contributed by atoms with Gasteiger partial charge in [0.15, 0.2) is 11.6 Å². The predicted octanol–water partition coefficient (Wildman–Crippen LogP) is 10.1. The van der Waals surface area contributed by atoms with Crippen molar-refractivity contribution >= 4 is 11.6 Å². The van der Waals surface area contributed by atoms with Crippen LogP contribution in [0.4, 0.5) is 0 Å². The molecule has 8 bridgehead atoms. The first-order chi connectivity index (χ1) is 22.6. The molecule has 0 spiro atoms. The smallest absolute Gasteiger partial charge is 0.194 e. The van der Waals surface area contributed by atoms with Crippen molar-refractivity contribution in [1.29, 1.82) is 0 Å². The number of benzene rings is 6. The van der Waals surface area contributed by atoms with Gasteiger partial charge >= 0.3 is 0 Å². The second kappa shape index (κ2) is 10.6. The Balaban J connectivity index is 1.26. The molecule has 9 aliphatic rings. The summed E-state index contributed by atoms with van der Waals surface area (Å²) in [4.78, 5) is 28.9. The fraction of sp³-hybridized carbons (Fsp3) is 0.136. The first-order valence-corrected chi connectivity index (χ1v) is 16.4. The number of aryl methyl sites for hydroxylation is 4. The average Bonchev–Trinajstić information content (AvgIpc) is 3.16. The van der Waals surface area contributed by atoms with Crippen LogP contribution in [0.2, 0.25) is 0 Å². The highest BCUT2D eigenvalue weighted by Crippen LogP contribution is 2.42. The normalized spacial score (nSPS) is 14.5. The van der Waals surface area contributed by atoms with Crippen LogP contribution in [0.5, 0.6) is 0 Å². The van der Waals surface area contributed by atoms with E-state index in [0.717, 1.165) is 83.0 Å². The number of hydrogen-bond donors (Lipinski definition) is 0. The van der Waals surface area contributed by atoms with Crippen LogP contribution in [-0.2, 0) is 25.7 Å². The number of rotatable bonds is 0. The van der Waals surface area contributed by atoms with Gasteiger partial charge in [-0.3, -0.25) is 9.59 Å². The Hall–Kier alpha value is -5.34. The first kappa shape index (κ1) is 27.0. The van der Waals surface area contributed by atoms with Gasteiger partial charge in [0.25, 0.3) is 0 Å². The summed E-state index contributed by atoms with van der Waals surface area (Å²) in [6.45, 7) is 0. The number of ketones is 2.